The molecule has 1 N–H and O–H groups in total. The maximum atomic E-state index is 12.8. The van der Waals surface area contributed by atoms with E-state index in [1.165, 1.54) is 0 Å². The summed E-state index contributed by atoms with van der Waals surface area (Å²) in [6.45, 7) is 0.369. The van der Waals surface area contributed by atoms with Gasteiger partial charge in [0.1, 0.15) is 0 Å². The molecule has 0 unspecified atom stereocenters. The fourth-order valence-corrected chi connectivity index (χ4v) is 4.04. The van der Waals surface area contributed by atoms with Crippen molar-refractivity contribution in [3.8, 4) is 28.5 Å². The molecule has 8 nitrogen and oxygen atoms in total. The normalized spacial score (nSPS) is 11.1. The van der Waals surface area contributed by atoms with E-state index in [1.807, 2.05) is 24.3 Å². The van der Waals surface area contributed by atoms with Gasteiger partial charge in [0.2, 0.25) is 5.75 Å². The second-order valence-electron chi connectivity index (χ2n) is 7.50. The Bertz CT molecular complexity index is 1510. The molecule has 5 rings (SSSR count). The Labute approximate surface area is 189 Å². The van der Waals surface area contributed by atoms with Gasteiger partial charge in [0.25, 0.3) is 0 Å². The van der Waals surface area contributed by atoms with Crippen molar-refractivity contribution >= 4 is 22.1 Å². The van der Waals surface area contributed by atoms with E-state index in [-0.39, 0.29) is 5.69 Å². The van der Waals surface area contributed by atoms with Gasteiger partial charge in [-0.15, -0.1) is 0 Å². The third-order valence-corrected chi connectivity index (χ3v) is 5.65. The van der Waals surface area contributed by atoms with Gasteiger partial charge in [0.05, 0.1) is 39.8 Å². The van der Waals surface area contributed by atoms with Crippen molar-refractivity contribution in [3.63, 3.8) is 0 Å². The van der Waals surface area contributed by atoms with E-state index >= 15 is 0 Å². The summed E-state index contributed by atoms with van der Waals surface area (Å²) in [4.78, 5) is 24.8. The number of H-pyrrole nitrogens is 1. The highest BCUT2D eigenvalue weighted by Gasteiger charge is 2.17. The third-order valence-electron chi connectivity index (χ3n) is 5.65. The van der Waals surface area contributed by atoms with Crippen LogP contribution in [0.4, 0.5) is 0 Å². The van der Waals surface area contributed by atoms with Gasteiger partial charge in [-0.05, 0) is 28.5 Å². The molecule has 0 amide bonds. The molecule has 0 atom stereocenters. The molecule has 3 aromatic carbocycles. The summed E-state index contributed by atoms with van der Waals surface area (Å²) in [6, 6.07) is 17.8. The molecule has 0 aliphatic carbocycles. The van der Waals surface area contributed by atoms with Gasteiger partial charge >= 0.3 is 5.69 Å². The molecule has 0 bridgehead atoms. The minimum atomic E-state index is -0.264. The van der Waals surface area contributed by atoms with Gasteiger partial charge < -0.3 is 14.2 Å². The van der Waals surface area contributed by atoms with Crippen LogP contribution in [0.2, 0.25) is 0 Å². The highest BCUT2D eigenvalue weighted by molar-refractivity contribution is 5.85. The molecular formula is C25H22N4O4. The Hall–Kier alpha value is -4.33. The molecule has 0 saturated carbocycles. The summed E-state index contributed by atoms with van der Waals surface area (Å²) in [5, 5.41) is 2.21. The number of imidazole rings is 1. The van der Waals surface area contributed by atoms with E-state index in [9.17, 15) is 4.79 Å². The van der Waals surface area contributed by atoms with Crippen molar-refractivity contribution in [1.29, 1.82) is 0 Å². The summed E-state index contributed by atoms with van der Waals surface area (Å²) in [5.74, 6) is 1.51. The van der Waals surface area contributed by atoms with Crippen molar-refractivity contribution in [1.82, 2.24) is 19.5 Å². The number of aromatic nitrogens is 4. The van der Waals surface area contributed by atoms with Crippen molar-refractivity contribution in [2.45, 2.75) is 6.54 Å². The molecule has 0 spiro atoms. The molecule has 2 heterocycles. The molecule has 166 valence electrons. The Balaban J connectivity index is 1.64. The van der Waals surface area contributed by atoms with E-state index < -0.39 is 0 Å². The van der Waals surface area contributed by atoms with Crippen LogP contribution < -0.4 is 19.9 Å². The van der Waals surface area contributed by atoms with E-state index in [0.717, 1.165) is 21.9 Å². The predicted octanol–water partition coefficient (Wildman–Crippen LogP) is 4.01. The number of nitrogens with one attached hydrogen (secondary N) is 1. The van der Waals surface area contributed by atoms with Crippen LogP contribution in [-0.4, -0.2) is 40.8 Å². The van der Waals surface area contributed by atoms with Gasteiger partial charge in [-0.3, -0.25) is 9.55 Å². The molecule has 0 fully saturated rings. The first kappa shape index (κ1) is 20.6. The predicted molar refractivity (Wildman–Crippen MR) is 126 cm³/mol. The van der Waals surface area contributed by atoms with Gasteiger partial charge in [0, 0.05) is 5.56 Å². The first-order chi connectivity index (χ1) is 16.1. The van der Waals surface area contributed by atoms with E-state index in [4.69, 9.17) is 19.2 Å². The van der Waals surface area contributed by atoms with Crippen LogP contribution in [0.5, 0.6) is 17.2 Å². The fraction of sp³-hybridized carbons (Fsp3) is 0.160. The summed E-state index contributed by atoms with van der Waals surface area (Å²) in [7, 11) is 4.67. The van der Waals surface area contributed by atoms with Crippen molar-refractivity contribution in [2.24, 2.45) is 0 Å². The molecule has 0 aliphatic rings. The molecule has 0 aliphatic heterocycles. The lowest BCUT2D eigenvalue weighted by atomic mass is 10.0. The Morgan fingerprint density at radius 3 is 2.39 bits per heavy atom. The zero-order valence-electron chi connectivity index (χ0n) is 18.5. The van der Waals surface area contributed by atoms with E-state index in [2.05, 4.69) is 28.2 Å². The number of fused-ring (bicyclic) bond motifs is 2. The van der Waals surface area contributed by atoms with Crippen LogP contribution in [0, 0.1) is 0 Å². The van der Waals surface area contributed by atoms with Crippen LogP contribution in [0.15, 0.2) is 65.6 Å². The molecule has 33 heavy (non-hydrogen) atoms. The lowest BCUT2D eigenvalue weighted by Crippen LogP contribution is -2.18. The maximum Gasteiger partial charge on any atom is 0.329 e. The number of hydrogen-bond donors (Lipinski definition) is 1. The van der Waals surface area contributed by atoms with Gasteiger partial charge in [-0.25, -0.2) is 14.8 Å². The summed E-state index contributed by atoms with van der Waals surface area (Å²) >= 11 is 0. The molecule has 8 heteroatoms. The average Bonchev–Trinajstić information content (AvgIpc) is 3.17. The number of methoxy groups -OCH3 is 3. The number of aromatic amines is 1. The standard InChI is InChI=1S/C25H22N4O4/c1-31-20-11-17(12-21(32-2)22(20)33-3)19-13-26-23-24(27-19)29(25(30)28-23)14-16-9-6-8-15-7-4-5-10-18(15)16/h4-13H,14H2,1-3H3,(H,26,28,30). The summed E-state index contributed by atoms with van der Waals surface area (Å²) in [6.07, 6.45) is 1.61. The number of rotatable bonds is 6. The zero-order valence-corrected chi connectivity index (χ0v) is 18.5. The summed E-state index contributed by atoms with van der Waals surface area (Å²) in [5.41, 5.74) is 2.96. The van der Waals surface area contributed by atoms with Crippen molar-refractivity contribution in [3.05, 3.63) is 76.8 Å². The third kappa shape index (κ3) is 3.55. The van der Waals surface area contributed by atoms with Gasteiger partial charge in [-0.1, -0.05) is 42.5 Å². The van der Waals surface area contributed by atoms with Crippen molar-refractivity contribution < 1.29 is 14.2 Å². The number of hydrogen-bond acceptors (Lipinski definition) is 6. The number of ether oxygens (including phenoxy) is 3. The molecule has 0 saturated heterocycles. The highest BCUT2D eigenvalue weighted by Crippen LogP contribution is 2.40. The molecule has 2 aromatic heterocycles. The van der Waals surface area contributed by atoms with E-state index in [0.29, 0.717) is 40.8 Å². The van der Waals surface area contributed by atoms with Crippen LogP contribution in [0.3, 0.4) is 0 Å². The quantitative estimate of drug-likeness (QED) is 0.427. The zero-order chi connectivity index (χ0) is 22.9. The Morgan fingerprint density at radius 2 is 1.67 bits per heavy atom. The topological polar surface area (TPSA) is 91.3 Å². The van der Waals surface area contributed by atoms with Crippen molar-refractivity contribution in [2.75, 3.05) is 21.3 Å². The lowest BCUT2D eigenvalue weighted by Gasteiger charge is -2.14. The highest BCUT2D eigenvalue weighted by atomic mass is 16.5. The summed E-state index contributed by atoms with van der Waals surface area (Å²) < 4.78 is 17.9. The Morgan fingerprint density at radius 1 is 0.939 bits per heavy atom. The smallest absolute Gasteiger partial charge is 0.329 e. The lowest BCUT2D eigenvalue weighted by molar-refractivity contribution is 0.324. The monoisotopic (exact) mass is 442 g/mol. The van der Waals surface area contributed by atoms with Crippen LogP contribution >= 0.6 is 0 Å². The first-order valence-corrected chi connectivity index (χ1v) is 10.4. The molecule has 0 radical (unpaired) electrons. The van der Waals surface area contributed by atoms with Gasteiger partial charge in [0.15, 0.2) is 22.8 Å². The minimum absolute atomic E-state index is 0.264. The first-order valence-electron chi connectivity index (χ1n) is 10.4. The van der Waals surface area contributed by atoms with E-state index in [1.54, 1.807) is 44.2 Å². The maximum absolute atomic E-state index is 12.8. The van der Waals surface area contributed by atoms with Crippen LogP contribution in [0.1, 0.15) is 5.56 Å². The second-order valence-corrected chi connectivity index (χ2v) is 7.50. The average molecular weight is 442 g/mol. The number of nitrogens with zero attached hydrogens (tertiary/aromatic N) is 3. The second kappa shape index (κ2) is 8.31. The largest absolute Gasteiger partial charge is 0.493 e. The van der Waals surface area contributed by atoms with Gasteiger partial charge in [-0.2, -0.15) is 0 Å². The number of benzene rings is 3. The van der Waals surface area contributed by atoms with Crippen LogP contribution in [0.25, 0.3) is 33.3 Å². The minimum Gasteiger partial charge on any atom is -0.493 e. The van der Waals surface area contributed by atoms with Crippen LogP contribution in [-0.2, 0) is 6.54 Å². The molecule has 5 aromatic rings. The Kier molecular flexibility index (Phi) is 5.18. The SMILES string of the molecule is COc1cc(-c2cnc3[nH]c(=O)n(Cc4cccc5ccccc45)c3n2)cc(OC)c1OC. The fourth-order valence-electron chi connectivity index (χ4n) is 4.04. The molecular weight excluding hydrogens is 420 g/mol.